The maximum atomic E-state index is 12.2. The molecule has 1 unspecified atom stereocenters. The minimum absolute atomic E-state index is 0.405. The summed E-state index contributed by atoms with van der Waals surface area (Å²) < 4.78 is 33.2. The first-order chi connectivity index (χ1) is 17.7. The molecule has 2 aromatic heterocycles. The normalized spacial score (nSPS) is 16.6. The summed E-state index contributed by atoms with van der Waals surface area (Å²) in [5.74, 6) is 1.63. The molecule has 0 spiro atoms. The van der Waals surface area contributed by atoms with Gasteiger partial charge in [0.2, 0.25) is 16.0 Å². The molecular formula is C27H32N6O3S. The van der Waals surface area contributed by atoms with Gasteiger partial charge in [-0.05, 0) is 68.2 Å². The van der Waals surface area contributed by atoms with Gasteiger partial charge < -0.3 is 15.0 Å². The number of likely N-dealkylation sites (tertiary alicyclic amines) is 1. The van der Waals surface area contributed by atoms with Crippen LogP contribution in [0, 0.1) is 0 Å². The highest BCUT2D eigenvalue weighted by molar-refractivity contribution is 7.92. The van der Waals surface area contributed by atoms with Gasteiger partial charge in [0.05, 0.1) is 42.1 Å². The second kappa shape index (κ2) is 10.0. The van der Waals surface area contributed by atoms with Crippen LogP contribution in [-0.4, -0.2) is 68.5 Å². The number of piperidine rings is 1. The van der Waals surface area contributed by atoms with E-state index in [1.165, 1.54) is 29.0 Å². The number of ether oxygens (including phenoxy) is 1. The molecule has 37 heavy (non-hydrogen) atoms. The van der Waals surface area contributed by atoms with Crippen LogP contribution in [0.15, 0.2) is 60.8 Å². The number of methoxy groups -OCH3 is 1. The van der Waals surface area contributed by atoms with Crippen LogP contribution in [0.1, 0.15) is 24.3 Å². The smallest absolute Gasteiger partial charge is 0.245 e. The Labute approximate surface area is 217 Å². The van der Waals surface area contributed by atoms with Gasteiger partial charge in [-0.25, -0.2) is 17.9 Å². The third-order valence-corrected chi connectivity index (χ3v) is 8.17. The number of nitrogens with zero attached hydrogens (tertiary/aromatic N) is 5. The Balaban J connectivity index is 1.48. The lowest BCUT2D eigenvalue weighted by Crippen LogP contribution is -2.30. The molecule has 5 rings (SSSR count). The summed E-state index contributed by atoms with van der Waals surface area (Å²) in [6, 6.07) is 17.5. The van der Waals surface area contributed by atoms with Gasteiger partial charge in [0.15, 0.2) is 0 Å². The van der Waals surface area contributed by atoms with Crippen molar-refractivity contribution in [1.82, 2.24) is 19.5 Å². The lowest BCUT2D eigenvalue weighted by molar-refractivity contribution is 0.250. The standard InChI is InChI=1S/C27H32N6O3S/c1-31-15-7-8-20(18-31)19-11-13-23(26(16-19)36-3)29-27-28-17-21-12-14-25(33(21)30-27)22-9-5-6-10-24(22)32(2)37(4,34)35/h5-6,9-14,16-17,20H,7-8,15,18H2,1-4H3,(H,29,30). The molecular weight excluding hydrogens is 488 g/mol. The molecule has 4 aromatic rings. The molecule has 9 nitrogen and oxygen atoms in total. The third kappa shape index (κ3) is 5.12. The molecule has 1 saturated heterocycles. The highest BCUT2D eigenvalue weighted by Crippen LogP contribution is 2.35. The second-order valence-electron chi connectivity index (χ2n) is 9.57. The van der Waals surface area contributed by atoms with E-state index >= 15 is 0 Å². The first-order valence-corrected chi connectivity index (χ1v) is 14.1. The number of fused-ring (bicyclic) bond motifs is 1. The summed E-state index contributed by atoms with van der Waals surface area (Å²) in [7, 11) is 1.95. The number of likely N-dealkylation sites (N-methyl/N-ethyl adjacent to an activating group) is 1. The van der Waals surface area contributed by atoms with Crippen molar-refractivity contribution < 1.29 is 13.2 Å². The molecule has 0 amide bonds. The fourth-order valence-corrected chi connectivity index (χ4v) is 5.45. The van der Waals surface area contributed by atoms with Crippen LogP contribution >= 0.6 is 0 Å². The van der Waals surface area contributed by atoms with Gasteiger partial charge in [-0.3, -0.25) is 4.31 Å². The summed E-state index contributed by atoms with van der Waals surface area (Å²) in [5.41, 5.74) is 4.92. The zero-order valence-corrected chi connectivity index (χ0v) is 22.4. The summed E-state index contributed by atoms with van der Waals surface area (Å²) in [5, 5.41) is 8.03. The average Bonchev–Trinajstić information content (AvgIpc) is 3.31. The molecule has 0 aliphatic carbocycles. The van der Waals surface area contributed by atoms with Crippen molar-refractivity contribution >= 4 is 32.9 Å². The van der Waals surface area contributed by atoms with E-state index in [1.807, 2.05) is 36.4 Å². The Hall–Kier alpha value is -3.63. The molecule has 1 atom stereocenters. The monoisotopic (exact) mass is 520 g/mol. The van der Waals surface area contributed by atoms with Crippen molar-refractivity contribution in [2.45, 2.75) is 18.8 Å². The number of anilines is 3. The number of hydrogen-bond acceptors (Lipinski definition) is 7. The first-order valence-electron chi connectivity index (χ1n) is 12.3. The number of aromatic nitrogens is 3. The number of rotatable bonds is 7. The van der Waals surface area contributed by atoms with Crippen molar-refractivity contribution in [1.29, 1.82) is 0 Å². The zero-order chi connectivity index (χ0) is 26.2. The first kappa shape index (κ1) is 25.0. The van der Waals surface area contributed by atoms with Gasteiger partial charge in [-0.15, -0.1) is 5.10 Å². The molecule has 0 radical (unpaired) electrons. The quantitative estimate of drug-likeness (QED) is 0.387. The number of para-hydroxylation sites is 1. The average molecular weight is 521 g/mol. The Morgan fingerprint density at radius 3 is 2.70 bits per heavy atom. The predicted molar refractivity (Wildman–Crippen MR) is 147 cm³/mol. The molecule has 3 heterocycles. The molecule has 10 heteroatoms. The lowest BCUT2D eigenvalue weighted by atomic mass is 9.90. The van der Waals surface area contributed by atoms with Crippen molar-refractivity contribution in [3.05, 3.63) is 66.4 Å². The summed E-state index contributed by atoms with van der Waals surface area (Å²) in [4.78, 5) is 6.86. The van der Waals surface area contributed by atoms with E-state index in [0.717, 1.165) is 41.3 Å². The van der Waals surface area contributed by atoms with Gasteiger partial charge in [-0.2, -0.15) is 0 Å². The Kier molecular flexibility index (Phi) is 6.78. The fourth-order valence-electron chi connectivity index (χ4n) is 4.93. The number of benzene rings is 2. The van der Waals surface area contributed by atoms with Gasteiger partial charge >= 0.3 is 0 Å². The largest absolute Gasteiger partial charge is 0.495 e. The van der Waals surface area contributed by atoms with Crippen LogP contribution in [0.3, 0.4) is 0 Å². The van der Waals surface area contributed by atoms with Crippen LogP contribution < -0.4 is 14.4 Å². The molecule has 1 fully saturated rings. The SMILES string of the molecule is COc1cc(C2CCCN(C)C2)ccc1Nc1ncc2ccc(-c3ccccc3N(C)S(C)(=O)=O)n2n1. The van der Waals surface area contributed by atoms with E-state index < -0.39 is 10.0 Å². The molecule has 2 aromatic carbocycles. The van der Waals surface area contributed by atoms with Crippen LogP contribution in [0.4, 0.5) is 17.3 Å². The van der Waals surface area contributed by atoms with E-state index in [2.05, 4.69) is 34.4 Å². The molecule has 1 N–H and O–H groups in total. The van der Waals surface area contributed by atoms with Gasteiger partial charge in [-0.1, -0.05) is 24.3 Å². The molecule has 194 valence electrons. The highest BCUT2D eigenvalue weighted by atomic mass is 32.2. The molecule has 1 aliphatic rings. The molecule has 0 bridgehead atoms. The topological polar surface area (TPSA) is 92.1 Å². The highest BCUT2D eigenvalue weighted by Gasteiger charge is 2.21. The number of hydrogen-bond donors (Lipinski definition) is 1. The van der Waals surface area contributed by atoms with E-state index in [4.69, 9.17) is 9.84 Å². The van der Waals surface area contributed by atoms with E-state index in [0.29, 0.717) is 17.6 Å². The summed E-state index contributed by atoms with van der Waals surface area (Å²) >= 11 is 0. The fraction of sp³-hybridized carbons (Fsp3) is 0.333. The van der Waals surface area contributed by atoms with Crippen LogP contribution in [-0.2, 0) is 10.0 Å². The second-order valence-corrected chi connectivity index (χ2v) is 11.6. The molecule has 1 aliphatic heterocycles. The van der Waals surface area contributed by atoms with Crippen molar-refractivity contribution in [2.75, 3.05) is 50.2 Å². The van der Waals surface area contributed by atoms with E-state index in [-0.39, 0.29) is 0 Å². The van der Waals surface area contributed by atoms with Gasteiger partial charge in [0.25, 0.3) is 0 Å². The van der Waals surface area contributed by atoms with Gasteiger partial charge in [0.1, 0.15) is 5.75 Å². The lowest BCUT2D eigenvalue weighted by Gasteiger charge is -2.30. The minimum atomic E-state index is -3.43. The number of sulfonamides is 1. The Bertz CT molecular complexity index is 1530. The summed E-state index contributed by atoms with van der Waals surface area (Å²) in [6.45, 7) is 2.19. The van der Waals surface area contributed by atoms with E-state index in [9.17, 15) is 8.42 Å². The van der Waals surface area contributed by atoms with Gasteiger partial charge in [0, 0.05) is 19.2 Å². The number of nitrogens with one attached hydrogen (secondary N) is 1. The molecule has 0 saturated carbocycles. The summed E-state index contributed by atoms with van der Waals surface area (Å²) in [6.07, 6.45) is 5.29. The zero-order valence-electron chi connectivity index (χ0n) is 21.5. The van der Waals surface area contributed by atoms with Crippen molar-refractivity contribution in [2.24, 2.45) is 0 Å². The minimum Gasteiger partial charge on any atom is -0.495 e. The van der Waals surface area contributed by atoms with E-state index in [1.54, 1.807) is 30.9 Å². The van der Waals surface area contributed by atoms with Crippen molar-refractivity contribution in [3.8, 4) is 17.0 Å². The Morgan fingerprint density at radius 1 is 1.14 bits per heavy atom. The van der Waals surface area contributed by atoms with Crippen molar-refractivity contribution in [3.63, 3.8) is 0 Å². The maximum absolute atomic E-state index is 12.2. The third-order valence-electron chi connectivity index (χ3n) is 6.98. The predicted octanol–water partition coefficient (Wildman–Crippen LogP) is 4.35. The van der Waals surface area contributed by atoms with Crippen LogP contribution in [0.25, 0.3) is 16.8 Å². The van der Waals surface area contributed by atoms with Crippen LogP contribution in [0.2, 0.25) is 0 Å². The Morgan fingerprint density at radius 2 is 1.95 bits per heavy atom. The maximum Gasteiger partial charge on any atom is 0.245 e. The van der Waals surface area contributed by atoms with Crippen LogP contribution in [0.5, 0.6) is 5.75 Å².